The molecular weight excluding hydrogens is 561 g/mol. The number of nitrogens with zero attached hydrogens (tertiary/aromatic N) is 1. The summed E-state index contributed by atoms with van der Waals surface area (Å²) in [6, 6.07) is 18.0. The molecule has 1 aliphatic rings. The highest BCUT2D eigenvalue weighted by molar-refractivity contribution is 9.10. The van der Waals surface area contributed by atoms with Crippen molar-refractivity contribution in [1.29, 1.82) is 0 Å². The van der Waals surface area contributed by atoms with Crippen molar-refractivity contribution < 1.29 is 19.1 Å². The van der Waals surface area contributed by atoms with E-state index in [1.165, 1.54) is 12.0 Å². The van der Waals surface area contributed by atoms with Gasteiger partial charge < -0.3 is 9.47 Å². The zero-order valence-corrected chi connectivity index (χ0v) is 21.8. The number of para-hydroxylation sites is 1. The number of methoxy groups -OCH3 is 1. The molecule has 0 spiro atoms. The lowest BCUT2D eigenvalue weighted by atomic mass is 10.1. The molecule has 3 aromatic rings. The lowest BCUT2D eigenvalue weighted by molar-refractivity contribution is -0.123. The average Bonchev–Trinajstić information content (AvgIpc) is 3.06. The molecule has 34 heavy (non-hydrogen) atoms. The highest BCUT2D eigenvalue weighted by Crippen LogP contribution is 2.38. The molecule has 9 heteroatoms. The van der Waals surface area contributed by atoms with E-state index in [0.29, 0.717) is 32.0 Å². The van der Waals surface area contributed by atoms with E-state index in [-0.39, 0.29) is 24.3 Å². The third kappa shape index (κ3) is 5.61. The molecule has 1 aliphatic heterocycles. The van der Waals surface area contributed by atoms with Gasteiger partial charge in [-0.3, -0.25) is 14.5 Å². The Morgan fingerprint density at radius 1 is 1.06 bits per heavy atom. The maximum absolute atomic E-state index is 13.0. The minimum Gasteiger partial charge on any atom is -0.493 e. The van der Waals surface area contributed by atoms with Gasteiger partial charge in [-0.2, -0.15) is 0 Å². The maximum Gasteiger partial charge on any atom is 0.293 e. The van der Waals surface area contributed by atoms with Gasteiger partial charge in [0.2, 0.25) is 0 Å². The van der Waals surface area contributed by atoms with Gasteiger partial charge in [0.1, 0.15) is 6.61 Å². The summed E-state index contributed by atoms with van der Waals surface area (Å²) in [6.45, 7) is 0.361. The number of carbonyl (C=O) groups is 2. The molecule has 0 bridgehead atoms. The Bertz CT molecular complexity index is 1300. The first-order valence-electron chi connectivity index (χ1n) is 10.1. The molecule has 2 amide bonds. The van der Waals surface area contributed by atoms with Crippen molar-refractivity contribution in [2.45, 2.75) is 13.2 Å². The van der Waals surface area contributed by atoms with Crippen LogP contribution in [0.4, 0.5) is 4.79 Å². The largest absolute Gasteiger partial charge is 0.493 e. The molecule has 0 radical (unpaired) electrons. The van der Waals surface area contributed by atoms with Gasteiger partial charge >= 0.3 is 0 Å². The third-order valence-electron chi connectivity index (χ3n) is 5.01. The SMILES string of the molecule is COc1cccc(/C=C2/SC(=O)N(Cc3cccc(Br)c3)C2=O)c1OCc1ccc(Cl)cc1Cl. The number of rotatable bonds is 7. The Morgan fingerprint density at radius 2 is 1.85 bits per heavy atom. The molecule has 174 valence electrons. The fraction of sp³-hybridized carbons (Fsp3) is 0.120. The molecular formula is C25H18BrCl2NO4S. The van der Waals surface area contributed by atoms with Gasteiger partial charge in [0.15, 0.2) is 11.5 Å². The predicted molar refractivity (Wildman–Crippen MR) is 139 cm³/mol. The summed E-state index contributed by atoms with van der Waals surface area (Å²) < 4.78 is 12.4. The first kappa shape index (κ1) is 24.7. The van der Waals surface area contributed by atoms with Crippen LogP contribution in [0, 0.1) is 0 Å². The first-order valence-corrected chi connectivity index (χ1v) is 12.5. The zero-order valence-electron chi connectivity index (χ0n) is 17.9. The van der Waals surface area contributed by atoms with Gasteiger partial charge in [0.25, 0.3) is 11.1 Å². The summed E-state index contributed by atoms with van der Waals surface area (Å²) in [5.74, 6) is 0.575. The predicted octanol–water partition coefficient (Wildman–Crippen LogP) is 7.58. The number of hydrogen-bond acceptors (Lipinski definition) is 5. The van der Waals surface area contributed by atoms with Crippen LogP contribution in [0.2, 0.25) is 10.0 Å². The van der Waals surface area contributed by atoms with Crippen molar-refractivity contribution in [2.24, 2.45) is 0 Å². The Balaban J connectivity index is 1.59. The average molecular weight is 579 g/mol. The van der Waals surface area contributed by atoms with Crippen molar-refractivity contribution in [3.05, 3.63) is 96.8 Å². The molecule has 0 unspecified atom stereocenters. The summed E-state index contributed by atoms with van der Waals surface area (Å²) in [7, 11) is 1.53. The molecule has 0 saturated carbocycles. The van der Waals surface area contributed by atoms with Gasteiger partial charge in [-0.15, -0.1) is 0 Å². The lowest BCUT2D eigenvalue weighted by Gasteiger charge is -2.15. The van der Waals surface area contributed by atoms with Crippen molar-refractivity contribution in [3.63, 3.8) is 0 Å². The number of halogens is 3. The second kappa shape index (κ2) is 10.9. The van der Waals surface area contributed by atoms with Crippen LogP contribution < -0.4 is 9.47 Å². The molecule has 3 aromatic carbocycles. The fourth-order valence-corrected chi connectivity index (χ4v) is 5.08. The van der Waals surface area contributed by atoms with E-state index >= 15 is 0 Å². The normalized spacial score (nSPS) is 14.7. The molecule has 1 fully saturated rings. The van der Waals surface area contributed by atoms with Gasteiger partial charge in [0, 0.05) is 25.6 Å². The van der Waals surface area contributed by atoms with E-state index in [1.54, 1.807) is 42.5 Å². The van der Waals surface area contributed by atoms with E-state index in [9.17, 15) is 9.59 Å². The Hall–Kier alpha value is -2.45. The minimum absolute atomic E-state index is 0.168. The molecule has 4 rings (SSSR count). The Morgan fingerprint density at radius 3 is 2.59 bits per heavy atom. The van der Waals surface area contributed by atoms with Crippen LogP contribution >= 0.6 is 50.9 Å². The lowest BCUT2D eigenvalue weighted by Crippen LogP contribution is -2.27. The number of carbonyl (C=O) groups excluding carboxylic acids is 2. The second-order valence-electron chi connectivity index (χ2n) is 7.30. The van der Waals surface area contributed by atoms with Crippen molar-refractivity contribution in [2.75, 3.05) is 7.11 Å². The number of benzene rings is 3. The van der Waals surface area contributed by atoms with Crippen LogP contribution in [0.3, 0.4) is 0 Å². The van der Waals surface area contributed by atoms with Crippen molar-refractivity contribution in [3.8, 4) is 11.5 Å². The molecule has 1 heterocycles. The van der Waals surface area contributed by atoms with Crippen molar-refractivity contribution >= 4 is 68.1 Å². The van der Waals surface area contributed by atoms with Gasteiger partial charge in [-0.1, -0.05) is 69.5 Å². The molecule has 0 atom stereocenters. The van der Waals surface area contributed by atoms with Crippen LogP contribution in [-0.2, 0) is 17.9 Å². The first-order chi connectivity index (χ1) is 16.4. The number of thioether (sulfide) groups is 1. The molecule has 1 saturated heterocycles. The highest BCUT2D eigenvalue weighted by atomic mass is 79.9. The van der Waals surface area contributed by atoms with Crippen molar-refractivity contribution in [1.82, 2.24) is 4.90 Å². The van der Waals surface area contributed by atoms with Gasteiger partial charge in [-0.05, 0) is 53.7 Å². The van der Waals surface area contributed by atoms with Crippen LogP contribution in [0.15, 0.2) is 70.0 Å². The van der Waals surface area contributed by atoms with Crippen LogP contribution in [-0.4, -0.2) is 23.2 Å². The standard InChI is InChI=1S/C25H18BrCl2NO4S/c1-32-21-7-3-5-16(23(21)33-14-17-8-9-19(27)12-20(17)28)11-22-24(30)29(25(31)34-22)13-15-4-2-6-18(26)10-15/h2-12H,13-14H2,1H3/b22-11+. The summed E-state index contributed by atoms with van der Waals surface area (Å²) in [5.41, 5.74) is 2.21. The highest BCUT2D eigenvalue weighted by Gasteiger charge is 2.35. The maximum atomic E-state index is 13.0. The smallest absolute Gasteiger partial charge is 0.293 e. The molecule has 0 aliphatic carbocycles. The summed E-state index contributed by atoms with van der Waals surface area (Å²) in [4.78, 5) is 27.2. The molecule has 5 nitrogen and oxygen atoms in total. The number of amides is 2. The summed E-state index contributed by atoms with van der Waals surface area (Å²) >= 11 is 16.6. The van der Waals surface area contributed by atoms with E-state index in [0.717, 1.165) is 27.4 Å². The molecule has 0 aromatic heterocycles. The second-order valence-corrected chi connectivity index (χ2v) is 10.1. The number of imide groups is 1. The summed E-state index contributed by atoms with van der Waals surface area (Å²) in [5, 5.41) is 0.692. The van der Waals surface area contributed by atoms with Crippen LogP contribution in [0.1, 0.15) is 16.7 Å². The third-order valence-corrected chi connectivity index (χ3v) is 6.99. The quantitative estimate of drug-likeness (QED) is 0.270. The Labute approximate surface area is 219 Å². The van der Waals surface area contributed by atoms with E-state index in [1.807, 2.05) is 24.3 Å². The monoisotopic (exact) mass is 577 g/mol. The van der Waals surface area contributed by atoms with E-state index in [4.69, 9.17) is 32.7 Å². The fourth-order valence-electron chi connectivity index (χ4n) is 3.35. The van der Waals surface area contributed by atoms with E-state index < -0.39 is 0 Å². The van der Waals surface area contributed by atoms with Crippen LogP contribution in [0.5, 0.6) is 11.5 Å². The van der Waals surface area contributed by atoms with E-state index in [2.05, 4.69) is 15.9 Å². The van der Waals surface area contributed by atoms with Crippen LogP contribution in [0.25, 0.3) is 6.08 Å². The van der Waals surface area contributed by atoms with Gasteiger partial charge in [0.05, 0.1) is 18.6 Å². The minimum atomic E-state index is -0.357. The summed E-state index contributed by atoms with van der Waals surface area (Å²) in [6.07, 6.45) is 1.65. The zero-order chi connectivity index (χ0) is 24.2. The Kier molecular flexibility index (Phi) is 7.88. The molecule has 0 N–H and O–H groups in total. The topological polar surface area (TPSA) is 55.8 Å². The number of ether oxygens (including phenoxy) is 2. The van der Waals surface area contributed by atoms with Gasteiger partial charge in [-0.25, -0.2) is 0 Å². The number of hydrogen-bond donors (Lipinski definition) is 0.